The largest absolute Gasteiger partial charge is 0.497 e. The lowest BCUT2D eigenvalue weighted by atomic mass is 10.1. The second kappa shape index (κ2) is 8.29. The minimum absolute atomic E-state index is 0.670. The zero-order valence-electron chi connectivity index (χ0n) is 13.3. The molecule has 0 aliphatic heterocycles. The molecule has 0 aliphatic carbocycles. The summed E-state index contributed by atoms with van der Waals surface area (Å²) in [6.07, 6.45) is 1.02. The fraction of sp³-hybridized carbons (Fsp3) is 0.333. The monoisotopic (exact) mass is 300 g/mol. The molecule has 0 spiro atoms. The molecule has 2 N–H and O–H groups in total. The number of likely N-dealkylation sites (N-methyl/N-ethyl adjacent to an activating group) is 1. The molecule has 0 unspecified atom stereocenters. The highest BCUT2D eigenvalue weighted by atomic mass is 16.5. The Balaban J connectivity index is 1.66. The minimum atomic E-state index is 0.670. The van der Waals surface area contributed by atoms with Crippen LogP contribution in [0.25, 0.3) is 0 Å². The van der Waals surface area contributed by atoms with E-state index >= 15 is 0 Å². The molecule has 0 saturated heterocycles. The number of benzene rings is 2. The first-order valence-electron chi connectivity index (χ1n) is 7.47. The summed E-state index contributed by atoms with van der Waals surface area (Å²) in [4.78, 5) is 2.27. The highest BCUT2D eigenvalue weighted by Gasteiger charge is 2.01. The summed E-state index contributed by atoms with van der Waals surface area (Å²) >= 11 is 0. The fourth-order valence-corrected chi connectivity index (χ4v) is 2.11. The molecule has 4 nitrogen and oxygen atoms in total. The lowest BCUT2D eigenvalue weighted by Crippen LogP contribution is -2.26. The number of anilines is 1. The van der Waals surface area contributed by atoms with Crippen molar-refractivity contribution < 1.29 is 9.47 Å². The van der Waals surface area contributed by atoms with E-state index in [-0.39, 0.29) is 0 Å². The highest BCUT2D eigenvalue weighted by molar-refractivity contribution is 5.41. The average molecular weight is 300 g/mol. The number of methoxy groups -OCH3 is 1. The van der Waals surface area contributed by atoms with Gasteiger partial charge in [0.25, 0.3) is 0 Å². The Labute approximate surface area is 132 Å². The standard InChI is InChI=1S/C18H24N2O2/c1-20(12-11-15-3-7-17(21-2)8-4-15)13-14-22-18-9-5-16(19)6-10-18/h3-10H,11-14,19H2,1-2H3. The predicted octanol–water partition coefficient (Wildman–Crippen LogP) is 2.83. The topological polar surface area (TPSA) is 47.7 Å². The molecule has 4 heteroatoms. The maximum atomic E-state index is 5.70. The molecule has 0 saturated carbocycles. The summed E-state index contributed by atoms with van der Waals surface area (Å²) in [5.41, 5.74) is 7.71. The maximum absolute atomic E-state index is 5.70. The van der Waals surface area contributed by atoms with E-state index in [4.69, 9.17) is 15.2 Å². The molecular weight excluding hydrogens is 276 g/mol. The number of hydrogen-bond donors (Lipinski definition) is 1. The van der Waals surface area contributed by atoms with Crippen molar-refractivity contribution in [2.24, 2.45) is 0 Å². The van der Waals surface area contributed by atoms with Crippen LogP contribution in [0.1, 0.15) is 5.56 Å². The normalized spacial score (nSPS) is 10.7. The van der Waals surface area contributed by atoms with E-state index in [9.17, 15) is 0 Å². The Morgan fingerprint density at radius 2 is 1.55 bits per heavy atom. The first kappa shape index (κ1) is 16.2. The number of nitrogens with zero attached hydrogens (tertiary/aromatic N) is 1. The van der Waals surface area contributed by atoms with Crippen LogP contribution >= 0.6 is 0 Å². The molecular formula is C18H24N2O2. The lowest BCUT2D eigenvalue weighted by molar-refractivity contribution is 0.239. The molecule has 0 atom stereocenters. The van der Waals surface area contributed by atoms with Gasteiger partial charge in [-0.1, -0.05) is 12.1 Å². The summed E-state index contributed by atoms with van der Waals surface area (Å²) in [7, 11) is 3.79. The summed E-state index contributed by atoms with van der Waals surface area (Å²) in [5, 5.41) is 0. The van der Waals surface area contributed by atoms with Crippen molar-refractivity contribution >= 4 is 5.69 Å². The van der Waals surface area contributed by atoms with Gasteiger partial charge in [0, 0.05) is 18.8 Å². The van der Waals surface area contributed by atoms with Gasteiger partial charge in [-0.3, -0.25) is 0 Å². The first-order valence-corrected chi connectivity index (χ1v) is 7.47. The van der Waals surface area contributed by atoms with Crippen LogP contribution in [-0.2, 0) is 6.42 Å². The van der Waals surface area contributed by atoms with Gasteiger partial charge in [0.2, 0.25) is 0 Å². The Morgan fingerprint density at radius 1 is 0.909 bits per heavy atom. The van der Waals surface area contributed by atoms with Gasteiger partial charge in [0.15, 0.2) is 0 Å². The van der Waals surface area contributed by atoms with Gasteiger partial charge in [0.1, 0.15) is 18.1 Å². The highest BCUT2D eigenvalue weighted by Crippen LogP contribution is 2.13. The fourth-order valence-electron chi connectivity index (χ4n) is 2.11. The number of rotatable bonds is 8. The van der Waals surface area contributed by atoms with Crippen molar-refractivity contribution in [2.75, 3.05) is 39.6 Å². The van der Waals surface area contributed by atoms with Gasteiger partial charge in [-0.2, -0.15) is 0 Å². The second-order valence-electron chi connectivity index (χ2n) is 5.32. The van der Waals surface area contributed by atoms with E-state index in [1.54, 1.807) is 7.11 Å². The predicted molar refractivity (Wildman–Crippen MR) is 90.5 cm³/mol. The van der Waals surface area contributed by atoms with Crippen molar-refractivity contribution in [1.82, 2.24) is 4.90 Å². The molecule has 0 fully saturated rings. The molecule has 0 aromatic heterocycles. The Hall–Kier alpha value is -2.20. The summed E-state index contributed by atoms with van der Waals surface area (Å²) in [6.45, 7) is 2.56. The lowest BCUT2D eigenvalue weighted by Gasteiger charge is -2.17. The molecule has 2 rings (SSSR count). The SMILES string of the molecule is COc1ccc(CCN(C)CCOc2ccc(N)cc2)cc1. The first-order chi connectivity index (χ1) is 10.7. The summed E-state index contributed by atoms with van der Waals surface area (Å²) in [5.74, 6) is 1.76. The van der Waals surface area contributed by atoms with E-state index in [0.717, 1.165) is 36.7 Å². The van der Waals surface area contributed by atoms with Gasteiger partial charge in [-0.15, -0.1) is 0 Å². The van der Waals surface area contributed by atoms with Crippen LogP contribution < -0.4 is 15.2 Å². The van der Waals surface area contributed by atoms with Gasteiger partial charge in [0.05, 0.1) is 7.11 Å². The van der Waals surface area contributed by atoms with Crippen molar-refractivity contribution in [3.63, 3.8) is 0 Å². The number of hydrogen-bond acceptors (Lipinski definition) is 4. The molecule has 118 valence electrons. The average Bonchev–Trinajstić information content (AvgIpc) is 2.55. The quantitative estimate of drug-likeness (QED) is 0.762. The van der Waals surface area contributed by atoms with Crippen molar-refractivity contribution in [3.05, 3.63) is 54.1 Å². The Bertz CT molecular complexity index is 552. The zero-order valence-corrected chi connectivity index (χ0v) is 13.3. The minimum Gasteiger partial charge on any atom is -0.497 e. The molecule has 22 heavy (non-hydrogen) atoms. The van der Waals surface area contributed by atoms with Crippen LogP contribution in [0.15, 0.2) is 48.5 Å². The maximum Gasteiger partial charge on any atom is 0.119 e. The number of nitrogens with two attached hydrogens (primary N) is 1. The molecule has 0 aliphatic rings. The Morgan fingerprint density at radius 3 is 2.18 bits per heavy atom. The van der Waals surface area contributed by atoms with Crippen LogP contribution in [0.5, 0.6) is 11.5 Å². The van der Waals surface area contributed by atoms with Gasteiger partial charge < -0.3 is 20.1 Å². The van der Waals surface area contributed by atoms with Crippen LogP contribution in [0.2, 0.25) is 0 Å². The zero-order chi connectivity index (χ0) is 15.8. The summed E-state index contributed by atoms with van der Waals surface area (Å²) < 4.78 is 10.9. The van der Waals surface area contributed by atoms with Gasteiger partial charge >= 0.3 is 0 Å². The van der Waals surface area contributed by atoms with Gasteiger partial charge in [-0.05, 0) is 55.4 Å². The molecule has 2 aromatic carbocycles. The second-order valence-corrected chi connectivity index (χ2v) is 5.32. The third-order valence-electron chi connectivity index (χ3n) is 3.56. The van der Waals surface area contributed by atoms with Gasteiger partial charge in [-0.25, -0.2) is 0 Å². The van der Waals surface area contributed by atoms with Crippen LogP contribution in [-0.4, -0.2) is 38.8 Å². The molecule has 0 heterocycles. The van der Waals surface area contributed by atoms with Crippen molar-refractivity contribution in [1.29, 1.82) is 0 Å². The van der Waals surface area contributed by atoms with E-state index in [1.165, 1.54) is 5.56 Å². The number of nitrogen functional groups attached to an aromatic ring is 1. The summed E-state index contributed by atoms with van der Waals surface area (Å²) in [6, 6.07) is 15.7. The van der Waals surface area contributed by atoms with Crippen molar-refractivity contribution in [2.45, 2.75) is 6.42 Å². The van der Waals surface area contributed by atoms with E-state index in [1.807, 2.05) is 36.4 Å². The van der Waals surface area contributed by atoms with Crippen LogP contribution in [0, 0.1) is 0 Å². The third-order valence-corrected chi connectivity index (χ3v) is 3.56. The third kappa shape index (κ3) is 5.30. The smallest absolute Gasteiger partial charge is 0.119 e. The van der Waals surface area contributed by atoms with E-state index < -0.39 is 0 Å². The van der Waals surface area contributed by atoms with E-state index in [2.05, 4.69) is 24.1 Å². The molecule has 0 bridgehead atoms. The van der Waals surface area contributed by atoms with Crippen LogP contribution in [0.4, 0.5) is 5.69 Å². The Kier molecular flexibility index (Phi) is 6.10. The molecule has 2 aromatic rings. The van der Waals surface area contributed by atoms with Crippen LogP contribution in [0.3, 0.4) is 0 Å². The molecule has 0 amide bonds. The molecule has 0 radical (unpaired) electrons. The number of ether oxygens (including phenoxy) is 2. The van der Waals surface area contributed by atoms with E-state index in [0.29, 0.717) is 6.61 Å². The van der Waals surface area contributed by atoms with Crippen molar-refractivity contribution in [3.8, 4) is 11.5 Å².